The topological polar surface area (TPSA) is 9.72 Å². The minimum atomic E-state index is 0.116. The molecule has 5 rings (SSSR count). The normalized spacial score (nSPS) is 20.0. The molecule has 2 aliphatic heterocycles. The number of fused-ring (bicyclic) bond motifs is 6. The van der Waals surface area contributed by atoms with E-state index in [4.69, 9.17) is 6.42 Å². The minimum absolute atomic E-state index is 0.116. The van der Waals surface area contributed by atoms with Crippen LogP contribution in [0.15, 0.2) is 72.8 Å². The molecule has 2 heterocycles. The maximum absolute atomic E-state index is 5.68. The van der Waals surface area contributed by atoms with E-state index >= 15 is 0 Å². The number of nitrogens with zero attached hydrogens (tertiary/aromatic N) is 3. The molecule has 3 nitrogen and oxygen atoms in total. The first-order valence-electron chi connectivity index (χ1n) is 9.19. The van der Waals surface area contributed by atoms with Crippen molar-refractivity contribution in [2.75, 3.05) is 28.8 Å². The van der Waals surface area contributed by atoms with E-state index in [0.29, 0.717) is 0 Å². The van der Waals surface area contributed by atoms with Crippen LogP contribution in [0.1, 0.15) is 29.0 Å². The molecular weight excluding hydrogens is 330 g/mol. The first-order valence-corrected chi connectivity index (χ1v) is 9.19. The second-order valence-corrected chi connectivity index (χ2v) is 7.19. The van der Waals surface area contributed by atoms with Gasteiger partial charge in [-0.05, 0) is 30.3 Å². The Morgan fingerprint density at radius 1 is 0.741 bits per heavy atom. The van der Waals surface area contributed by atoms with Gasteiger partial charge in [-0.1, -0.05) is 48.4 Å². The van der Waals surface area contributed by atoms with Gasteiger partial charge in [0.25, 0.3) is 0 Å². The molecule has 3 heteroatoms. The smallest absolute Gasteiger partial charge is 0.132 e. The number of rotatable bonds is 1. The zero-order valence-corrected chi connectivity index (χ0v) is 15.5. The van der Waals surface area contributed by atoms with Crippen molar-refractivity contribution >= 4 is 17.1 Å². The van der Waals surface area contributed by atoms with Crippen LogP contribution < -0.4 is 14.7 Å². The lowest BCUT2D eigenvalue weighted by Crippen LogP contribution is -2.55. The average molecular weight is 351 g/mol. The summed E-state index contributed by atoms with van der Waals surface area (Å²) in [6, 6.07) is 25.7. The first-order chi connectivity index (χ1) is 13.2. The molecule has 0 fully saturated rings. The highest BCUT2D eigenvalue weighted by molar-refractivity contribution is 5.75. The van der Waals surface area contributed by atoms with Gasteiger partial charge in [-0.3, -0.25) is 0 Å². The number of hydrogen-bond acceptors (Lipinski definition) is 3. The fraction of sp³-hybridized carbons (Fsp3) is 0.167. The molecule has 3 aromatic carbocycles. The van der Waals surface area contributed by atoms with E-state index in [0.717, 1.165) is 11.3 Å². The fourth-order valence-corrected chi connectivity index (χ4v) is 4.58. The standard InChI is InChI=1S/C24H21N3/c1-4-17-10-9-11-18(16-17)27-23-20-13-6-8-15-22(20)26(3)24(27)19-12-5-7-14-21(19)25(23)2/h1,5-16,23-24H,2-3H3. The van der Waals surface area contributed by atoms with Gasteiger partial charge in [0.1, 0.15) is 12.3 Å². The molecule has 0 N–H and O–H groups in total. The van der Waals surface area contributed by atoms with Crippen LogP contribution in [0.3, 0.4) is 0 Å². The van der Waals surface area contributed by atoms with Crippen molar-refractivity contribution in [3.8, 4) is 12.3 Å². The van der Waals surface area contributed by atoms with E-state index in [9.17, 15) is 0 Å². The van der Waals surface area contributed by atoms with Gasteiger partial charge >= 0.3 is 0 Å². The van der Waals surface area contributed by atoms with E-state index in [1.807, 2.05) is 12.1 Å². The van der Waals surface area contributed by atoms with E-state index in [-0.39, 0.29) is 12.3 Å². The van der Waals surface area contributed by atoms with Crippen molar-refractivity contribution in [1.82, 2.24) is 0 Å². The zero-order valence-electron chi connectivity index (χ0n) is 15.5. The first kappa shape index (κ1) is 15.8. The zero-order chi connectivity index (χ0) is 18.5. The maximum atomic E-state index is 5.68. The molecule has 2 unspecified atom stereocenters. The fourth-order valence-electron chi connectivity index (χ4n) is 4.58. The van der Waals surface area contributed by atoms with E-state index in [1.165, 1.54) is 22.5 Å². The predicted molar refractivity (Wildman–Crippen MR) is 112 cm³/mol. The van der Waals surface area contributed by atoms with Crippen LogP contribution >= 0.6 is 0 Å². The Labute approximate surface area is 160 Å². The third-order valence-corrected chi connectivity index (χ3v) is 5.76. The van der Waals surface area contributed by atoms with Crippen LogP contribution in [-0.4, -0.2) is 14.1 Å². The predicted octanol–water partition coefficient (Wildman–Crippen LogP) is 4.77. The highest BCUT2D eigenvalue weighted by atomic mass is 15.5. The molecule has 0 saturated heterocycles. The van der Waals surface area contributed by atoms with Crippen LogP contribution in [0.2, 0.25) is 0 Å². The van der Waals surface area contributed by atoms with E-state index < -0.39 is 0 Å². The Balaban J connectivity index is 1.80. The molecule has 0 spiro atoms. The summed E-state index contributed by atoms with van der Waals surface area (Å²) in [4.78, 5) is 7.23. The summed E-state index contributed by atoms with van der Waals surface area (Å²) in [5.74, 6) is 2.78. The lowest BCUT2D eigenvalue weighted by molar-refractivity contribution is 0.464. The Hall–Kier alpha value is -3.38. The highest BCUT2D eigenvalue weighted by Gasteiger charge is 2.45. The molecule has 0 radical (unpaired) electrons. The summed E-state index contributed by atoms with van der Waals surface area (Å²) in [7, 11) is 4.36. The number of hydrogen-bond donors (Lipinski definition) is 0. The molecule has 2 bridgehead atoms. The summed E-state index contributed by atoms with van der Waals surface area (Å²) in [6.45, 7) is 0. The van der Waals surface area contributed by atoms with Crippen LogP contribution in [0.4, 0.5) is 17.1 Å². The summed E-state index contributed by atoms with van der Waals surface area (Å²) >= 11 is 0. The number of benzene rings is 3. The number of anilines is 3. The average Bonchev–Trinajstić information content (AvgIpc) is 2.73. The quantitative estimate of drug-likeness (QED) is 0.585. The second-order valence-electron chi connectivity index (χ2n) is 7.19. The third kappa shape index (κ3) is 2.17. The van der Waals surface area contributed by atoms with E-state index in [1.54, 1.807) is 0 Å². The van der Waals surface area contributed by atoms with Gasteiger partial charge in [-0.15, -0.1) is 6.42 Å². The SMILES string of the molecule is C#Cc1cccc(N2C3c4ccccc4N(C)C2c2ccccc2N3C)c1. The van der Waals surface area contributed by atoms with Crippen molar-refractivity contribution in [2.45, 2.75) is 12.3 Å². The largest absolute Gasteiger partial charge is 0.350 e. The van der Waals surface area contributed by atoms with Crippen LogP contribution in [0.5, 0.6) is 0 Å². The third-order valence-electron chi connectivity index (χ3n) is 5.76. The Morgan fingerprint density at radius 2 is 1.30 bits per heavy atom. The molecule has 27 heavy (non-hydrogen) atoms. The number of terminal acetylenes is 1. The van der Waals surface area contributed by atoms with Crippen molar-refractivity contribution in [3.63, 3.8) is 0 Å². The Morgan fingerprint density at radius 3 is 1.85 bits per heavy atom. The molecule has 3 aromatic rings. The Bertz CT molecular complexity index is 1010. The van der Waals surface area contributed by atoms with Gasteiger partial charge in [0.15, 0.2) is 0 Å². The van der Waals surface area contributed by atoms with Gasteiger partial charge in [-0.25, -0.2) is 0 Å². The molecule has 2 aliphatic rings. The molecule has 0 amide bonds. The molecule has 0 aliphatic carbocycles. The summed E-state index contributed by atoms with van der Waals surface area (Å²) < 4.78 is 0. The Kier molecular flexibility index (Phi) is 3.42. The van der Waals surface area contributed by atoms with Gasteiger partial charge in [-0.2, -0.15) is 0 Å². The second kappa shape index (κ2) is 5.82. The lowest BCUT2D eigenvalue weighted by atomic mass is 9.92. The van der Waals surface area contributed by atoms with E-state index in [2.05, 4.69) is 95.4 Å². The van der Waals surface area contributed by atoms with Crippen LogP contribution in [0, 0.1) is 12.3 Å². The molecule has 2 atom stereocenters. The van der Waals surface area contributed by atoms with Gasteiger partial charge < -0.3 is 14.7 Å². The van der Waals surface area contributed by atoms with Gasteiger partial charge in [0.05, 0.1) is 0 Å². The van der Waals surface area contributed by atoms with Gasteiger partial charge in [0.2, 0.25) is 0 Å². The highest BCUT2D eigenvalue weighted by Crippen LogP contribution is 2.53. The molecular formula is C24H21N3. The molecule has 132 valence electrons. The van der Waals surface area contributed by atoms with Crippen molar-refractivity contribution in [2.24, 2.45) is 0 Å². The van der Waals surface area contributed by atoms with Crippen molar-refractivity contribution < 1.29 is 0 Å². The molecule has 0 aromatic heterocycles. The molecule has 0 saturated carbocycles. The summed E-state index contributed by atoms with van der Waals surface area (Å²) in [6.07, 6.45) is 5.91. The summed E-state index contributed by atoms with van der Waals surface area (Å²) in [5, 5.41) is 0. The van der Waals surface area contributed by atoms with Crippen molar-refractivity contribution in [3.05, 3.63) is 89.5 Å². The van der Waals surface area contributed by atoms with Crippen molar-refractivity contribution in [1.29, 1.82) is 0 Å². The monoisotopic (exact) mass is 351 g/mol. The summed E-state index contributed by atoms with van der Waals surface area (Å²) in [5.41, 5.74) is 7.21. The minimum Gasteiger partial charge on any atom is -0.350 e. The van der Waals surface area contributed by atoms with Crippen LogP contribution in [-0.2, 0) is 0 Å². The van der Waals surface area contributed by atoms with Crippen LogP contribution in [0.25, 0.3) is 0 Å². The maximum Gasteiger partial charge on any atom is 0.132 e. The van der Waals surface area contributed by atoms with Gasteiger partial charge in [0, 0.05) is 47.8 Å². The number of para-hydroxylation sites is 2. The lowest BCUT2D eigenvalue weighted by Gasteiger charge is -2.57.